The molecule has 0 amide bonds. The zero-order chi connectivity index (χ0) is 14.2. The van der Waals surface area contributed by atoms with Gasteiger partial charge in [-0.1, -0.05) is 6.07 Å². The Bertz CT molecular complexity index is 722. The van der Waals surface area contributed by atoms with E-state index < -0.39 is 0 Å². The molecule has 2 rings (SSSR count). The minimum Gasteiger partial charge on any atom is -0.301 e. The number of hydrogen-bond acceptors (Lipinski definition) is 3. The molecule has 0 saturated carbocycles. The molecule has 1 aromatic heterocycles. The molecule has 5 heteroatoms. The second kappa shape index (κ2) is 4.84. The number of Topliss-reactive ketones (excluding diaryl/α,β-unsaturated/α-hetero) is 1. The van der Waals surface area contributed by atoms with Crippen molar-refractivity contribution >= 4 is 23.1 Å². The van der Waals surface area contributed by atoms with E-state index in [-0.39, 0.29) is 24.6 Å². The van der Waals surface area contributed by atoms with Crippen molar-refractivity contribution in [2.75, 3.05) is 0 Å². The van der Waals surface area contributed by atoms with Gasteiger partial charge in [-0.2, -0.15) is 0 Å². The third-order valence-electron chi connectivity index (χ3n) is 3.09. The smallest absolute Gasteiger partial charge is 0.301 e. The topological polar surface area (TPSA) is 61.1 Å². The number of ketones is 1. The van der Waals surface area contributed by atoms with Gasteiger partial charge < -0.3 is 4.79 Å². The first kappa shape index (κ1) is 13.3. The summed E-state index contributed by atoms with van der Waals surface area (Å²) in [6.45, 7) is 5.31. The highest BCUT2D eigenvalue weighted by molar-refractivity contribution is 5.84. The van der Waals surface area contributed by atoms with Crippen molar-refractivity contribution in [3.63, 3.8) is 0 Å². The van der Waals surface area contributed by atoms with Crippen LogP contribution in [0.2, 0.25) is 0 Å². The van der Waals surface area contributed by atoms with Crippen LogP contribution in [0, 0.1) is 13.8 Å². The average molecular weight is 260 g/mol. The molecule has 1 aromatic carbocycles. The van der Waals surface area contributed by atoms with Gasteiger partial charge >= 0.3 is 5.69 Å². The lowest BCUT2D eigenvalue weighted by atomic mass is 10.1. The SMILES string of the molecule is CC(=O)Cn1c(=O)n(CC=O)c2cc(C)cc(C)c21. The van der Waals surface area contributed by atoms with Crippen LogP contribution < -0.4 is 5.69 Å². The van der Waals surface area contributed by atoms with Crippen LogP contribution >= 0.6 is 0 Å². The number of rotatable bonds is 4. The number of imidazole rings is 1. The molecule has 0 spiro atoms. The second-order valence-corrected chi connectivity index (χ2v) is 4.80. The molecule has 0 unspecified atom stereocenters. The van der Waals surface area contributed by atoms with Crippen molar-refractivity contribution in [2.45, 2.75) is 33.9 Å². The fourth-order valence-corrected chi connectivity index (χ4v) is 2.46. The van der Waals surface area contributed by atoms with Gasteiger partial charge in [-0.15, -0.1) is 0 Å². The highest BCUT2D eigenvalue weighted by Crippen LogP contribution is 2.20. The van der Waals surface area contributed by atoms with Crippen molar-refractivity contribution in [1.82, 2.24) is 9.13 Å². The number of fused-ring (bicyclic) bond motifs is 1. The zero-order valence-corrected chi connectivity index (χ0v) is 11.3. The summed E-state index contributed by atoms with van der Waals surface area (Å²) in [5, 5.41) is 0. The molecular formula is C14H16N2O3. The molecule has 0 fully saturated rings. The van der Waals surface area contributed by atoms with E-state index in [1.165, 1.54) is 16.1 Å². The van der Waals surface area contributed by atoms with Crippen LogP contribution in [0.4, 0.5) is 0 Å². The van der Waals surface area contributed by atoms with Crippen molar-refractivity contribution in [2.24, 2.45) is 0 Å². The maximum absolute atomic E-state index is 12.3. The molecule has 19 heavy (non-hydrogen) atoms. The van der Waals surface area contributed by atoms with Gasteiger partial charge in [0.05, 0.1) is 24.1 Å². The van der Waals surface area contributed by atoms with E-state index in [0.29, 0.717) is 11.8 Å². The molecule has 2 aromatic rings. The van der Waals surface area contributed by atoms with Crippen molar-refractivity contribution in [1.29, 1.82) is 0 Å². The molecule has 0 bridgehead atoms. The summed E-state index contributed by atoms with van der Waals surface area (Å²) in [4.78, 5) is 34.3. The number of aryl methyl sites for hydroxylation is 2. The predicted molar refractivity (Wildman–Crippen MR) is 72.4 cm³/mol. The van der Waals surface area contributed by atoms with Gasteiger partial charge in [-0.25, -0.2) is 4.79 Å². The summed E-state index contributed by atoms with van der Waals surface area (Å²) in [6, 6.07) is 3.83. The van der Waals surface area contributed by atoms with Gasteiger partial charge in [-0.05, 0) is 38.0 Å². The highest BCUT2D eigenvalue weighted by Gasteiger charge is 2.16. The summed E-state index contributed by atoms with van der Waals surface area (Å²) in [5.74, 6) is -0.0905. The monoisotopic (exact) mass is 260 g/mol. The Morgan fingerprint density at radius 1 is 1.26 bits per heavy atom. The number of aromatic nitrogens is 2. The first-order valence-corrected chi connectivity index (χ1v) is 6.09. The molecule has 100 valence electrons. The summed E-state index contributed by atoms with van der Waals surface area (Å²) < 4.78 is 2.85. The van der Waals surface area contributed by atoms with Gasteiger partial charge in [0, 0.05) is 0 Å². The van der Waals surface area contributed by atoms with Crippen LogP contribution in [0.5, 0.6) is 0 Å². The van der Waals surface area contributed by atoms with Crippen molar-refractivity contribution < 1.29 is 9.59 Å². The number of nitrogens with zero attached hydrogens (tertiary/aromatic N) is 2. The van der Waals surface area contributed by atoms with Gasteiger partial charge in [-0.3, -0.25) is 13.9 Å². The van der Waals surface area contributed by atoms with Gasteiger partial charge in [0.15, 0.2) is 0 Å². The van der Waals surface area contributed by atoms with E-state index in [2.05, 4.69) is 0 Å². The molecule has 0 atom stereocenters. The fraction of sp³-hybridized carbons (Fsp3) is 0.357. The molecule has 0 aliphatic rings. The summed E-state index contributed by atoms with van der Waals surface area (Å²) in [6.07, 6.45) is 0.691. The fourth-order valence-electron chi connectivity index (χ4n) is 2.46. The molecular weight excluding hydrogens is 244 g/mol. The molecule has 0 aliphatic heterocycles. The van der Waals surface area contributed by atoms with Crippen LogP contribution in [0.1, 0.15) is 18.1 Å². The Morgan fingerprint density at radius 3 is 2.53 bits per heavy atom. The van der Waals surface area contributed by atoms with Crippen molar-refractivity contribution in [3.8, 4) is 0 Å². The van der Waals surface area contributed by atoms with E-state index in [9.17, 15) is 14.4 Å². The Morgan fingerprint density at radius 2 is 1.95 bits per heavy atom. The molecule has 0 N–H and O–H groups in total. The Hall–Kier alpha value is -2.17. The molecule has 5 nitrogen and oxygen atoms in total. The average Bonchev–Trinajstić information content (AvgIpc) is 2.54. The third-order valence-corrected chi connectivity index (χ3v) is 3.09. The summed E-state index contributed by atoms with van der Waals surface area (Å²) in [7, 11) is 0. The number of carbonyl (C=O) groups excluding carboxylic acids is 2. The Labute approximate surface area is 110 Å². The standard InChI is InChI=1S/C14H16N2O3/c1-9-6-10(2)13-12(7-9)15(4-5-17)14(19)16(13)8-11(3)18/h5-7H,4,8H2,1-3H3. The van der Waals surface area contributed by atoms with Gasteiger partial charge in [0.1, 0.15) is 12.1 Å². The predicted octanol–water partition coefficient (Wildman–Crippen LogP) is 1.21. The van der Waals surface area contributed by atoms with Crippen LogP contribution in [-0.2, 0) is 22.7 Å². The summed E-state index contributed by atoms with van der Waals surface area (Å²) in [5.41, 5.74) is 3.07. The van der Waals surface area contributed by atoms with E-state index in [0.717, 1.165) is 16.6 Å². The minimum absolute atomic E-state index is 0.00311. The first-order chi connectivity index (χ1) is 8.95. The Balaban J connectivity index is 2.87. The highest BCUT2D eigenvalue weighted by atomic mass is 16.2. The van der Waals surface area contributed by atoms with E-state index in [4.69, 9.17) is 0 Å². The lowest BCUT2D eigenvalue weighted by Gasteiger charge is -2.04. The normalized spacial score (nSPS) is 10.9. The minimum atomic E-state index is -0.314. The van der Waals surface area contributed by atoms with Crippen LogP contribution in [0.15, 0.2) is 16.9 Å². The lowest BCUT2D eigenvalue weighted by Crippen LogP contribution is -2.26. The number of hydrogen-bond donors (Lipinski definition) is 0. The Kier molecular flexibility index (Phi) is 3.38. The molecule has 0 radical (unpaired) electrons. The van der Waals surface area contributed by atoms with Crippen LogP contribution in [0.25, 0.3) is 11.0 Å². The number of benzene rings is 1. The zero-order valence-electron chi connectivity index (χ0n) is 11.3. The quantitative estimate of drug-likeness (QED) is 0.776. The molecule has 1 heterocycles. The number of carbonyl (C=O) groups is 2. The van der Waals surface area contributed by atoms with Crippen molar-refractivity contribution in [3.05, 3.63) is 33.7 Å². The van der Waals surface area contributed by atoms with E-state index in [1.54, 1.807) is 0 Å². The van der Waals surface area contributed by atoms with Gasteiger partial charge in [0.25, 0.3) is 0 Å². The maximum atomic E-state index is 12.3. The van der Waals surface area contributed by atoms with Crippen LogP contribution in [-0.4, -0.2) is 21.2 Å². The molecule has 0 saturated heterocycles. The third kappa shape index (κ3) is 2.23. The lowest BCUT2D eigenvalue weighted by molar-refractivity contribution is -0.117. The van der Waals surface area contributed by atoms with Crippen LogP contribution in [0.3, 0.4) is 0 Å². The van der Waals surface area contributed by atoms with Gasteiger partial charge in [0.2, 0.25) is 0 Å². The maximum Gasteiger partial charge on any atom is 0.329 e. The number of aldehydes is 1. The second-order valence-electron chi connectivity index (χ2n) is 4.80. The largest absolute Gasteiger partial charge is 0.329 e. The summed E-state index contributed by atoms with van der Waals surface area (Å²) >= 11 is 0. The molecule has 0 aliphatic carbocycles. The first-order valence-electron chi connectivity index (χ1n) is 6.09. The van der Waals surface area contributed by atoms with E-state index in [1.807, 2.05) is 26.0 Å². The van der Waals surface area contributed by atoms with E-state index >= 15 is 0 Å².